The fourth-order valence-electron chi connectivity index (χ4n) is 2.02. The van der Waals surface area contributed by atoms with Gasteiger partial charge in [0.15, 0.2) is 0 Å². The molecular formula is C21H21NO. The van der Waals surface area contributed by atoms with Crippen molar-refractivity contribution >= 4 is 12.0 Å². The fourth-order valence-corrected chi connectivity index (χ4v) is 2.02. The number of amides is 1. The summed E-state index contributed by atoms with van der Waals surface area (Å²) in [6, 6.07) is 17.9. The molecule has 0 aliphatic heterocycles. The van der Waals surface area contributed by atoms with E-state index in [4.69, 9.17) is 0 Å². The van der Waals surface area contributed by atoms with Gasteiger partial charge < -0.3 is 5.32 Å². The first kappa shape index (κ1) is 16.6. The molecule has 0 aromatic heterocycles. The Balaban J connectivity index is 1.81. The predicted octanol–water partition coefficient (Wildman–Crippen LogP) is 3.99. The lowest BCUT2D eigenvalue weighted by Gasteiger charge is -2.04. The Morgan fingerprint density at radius 3 is 2.43 bits per heavy atom. The Morgan fingerprint density at radius 2 is 1.78 bits per heavy atom. The minimum atomic E-state index is -0.139. The molecule has 2 aromatic rings. The van der Waals surface area contributed by atoms with Crippen LogP contribution >= 0.6 is 0 Å². The van der Waals surface area contributed by atoms with Crippen LogP contribution in [0.3, 0.4) is 0 Å². The van der Waals surface area contributed by atoms with Crippen molar-refractivity contribution in [3.05, 3.63) is 77.4 Å². The summed E-state index contributed by atoms with van der Waals surface area (Å²) < 4.78 is 0. The van der Waals surface area contributed by atoms with Gasteiger partial charge in [0, 0.05) is 11.6 Å². The Hall–Kier alpha value is -2.79. The van der Waals surface area contributed by atoms with Crippen LogP contribution in [0.2, 0.25) is 0 Å². The van der Waals surface area contributed by atoms with Crippen molar-refractivity contribution in [2.24, 2.45) is 0 Å². The molecule has 0 aliphatic carbocycles. The van der Waals surface area contributed by atoms with E-state index in [-0.39, 0.29) is 5.91 Å². The van der Waals surface area contributed by atoms with E-state index in [2.05, 4.69) is 43.1 Å². The van der Waals surface area contributed by atoms with E-state index in [1.165, 1.54) is 11.6 Å². The highest BCUT2D eigenvalue weighted by atomic mass is 16.1. The van der Waals surface area contributed by atoms with Crippen LogP contribution in [0.15, 0.2) is 60.7 Å². The van der Waals surface area contributed by atoms with Crippen molar-refractivity contribution in [2.75, 3.05) is 6.54 Å². The maximum atomic E-state index is 11.7. The highest BCUT2D eigenvalue weighted by Crippen LogP contribution is 2.15. The summed E-state index contributed by atoms with van der Waals surface area (Å²) >= 11 is 0. The molecule has 2 heteroatoms. The number of carbonyl (C=O) groups is 1. The molecule has 0 fully saturated rings. The summed E-state index contributed by atoms with van der Waals surface area (Å²) in [6.07, 6.45) is 3.35. The van der Waals surface area contributed by atoms with E-state index in [9.17, 15) is 4.79 Å². The molecule has 0 spiro atoms. The van der Waals surface area contributed by atoms with Crippen molar-refractivity contribution in [2.45, 2.75) is 19.8 Å². The molecule has 2 nitrogen and oxygen atoms in total. The summed E-state index contributed by atoms with van der Waals surface area (Å²) in [7, 11) is 0. The van der Waals surface area contributed by atoms with Crippen LogP contribution in [0.1, 0.15) is 36.5 Å². The Bertz CT molecular complexity index is 716. The van der Waals surface area contributed by atoms with E-state index in [1.807, 2.05) is 48.5 Å². The molecular weight excluding hydrogens is 282 g/mol. The molecule has 0 radical (unpaired) electrons. The summed E-state index contributed by atoms with van der Waals surface area (Å²) in [5, 5.41) is 2.75. The fraction of sp³-hybridized carbons (Fsp3) is 0.190. The summed E-state index contributed by atoms with van der Waals surface area (Å²) in [5.41, 5.74) is 3.25. The zero-order valence-electron chi connectivity index (χ0n) is 13.5. The lowest BCUT2D eigenvalue weighted by Crippen LogP contribution is -2.20. The third-order valence-electron chi connectivity index (χ3n) is 3.39. The van der Waals surface area contributed by atoms with E-state index in [1.54, 1.807) is 0 Å². The molecule has 0 bridgehead atoms. The van der Waals surface area contributed by atoms with Crippen LogP contribution in [0, 0.1) is 11.8 Å². The number of carbonyl (C=O) groups excluding carboxylic acids is 1. The molecule has 0 aliphatic rings. The topological polar surface area (TPSA) is 29.1 Å². The SMILES string of the molecule is CC(C)c1ccc(/C=C/C(=O)NCC#Cc2ccccc2)cc1. The second-order valence-electron chi connectivity index (χ2n) is 5.54. The first-order valence-electron chi connectivity index (χ1n) is 7.75. The molecule has 0 heterocycles. The van der Waals surface area contributed by atoms with Crippen LogP contribution in [-0.4, -0.2) is 12.5 Å². The average molecular weight is 303 g/mol. The van der Waals surface area contributed by atoms with Gasteiger partial charge >= 0.3 is 0 Å². The number of hydrogen-bond donors (Lipinski definition) is 1. The molecule has 0 atom stereocenters. The van der Waals surface area contributed by atoms with Crippen molar-refractivity contribution in [1.29, 1.82) is 0 Å². The lowest BCUT2D eigenvalue weighted by atomic mass is 10.0. The number of rotatable bonds is 4. The molecule has 0 unspecified atom stereocenters. The molecule has 23 heavy (non-hydrogen) atoms. The van der Waals surface area contributed by atoms with E-state index in [0.717, 1.165) is 11.1 Å². The molecule has 2 aromatic carbocycles. The number of hydrogen-bond acceptors (Lipinski definition) is 1. The summed E-state index contributed by atoms with van der Waals surface area (Å²) in [5.74, 6) is 6.31. The first-order valence-corrected chi connectivity index (χ1v) is 7.75. The van der Waals surface area contributed by atoms with Crippen LogP contribution in [0.4, 0.5) is 0 Å². The van der Waals surface area contributed by atoms with Crippen LogP contribution in [0.25, 0.3) is 6.08 Å². The van der Waals surface area contributed by atoms with Gasteiger partial charge in [0.05, 0.1) is 6.54 Å². The quantitative estimate of drug-likeness (QED) is 0.671. The normalized spacial score (nSPS) is 10.4. The lowest BCUT2D eigenvalue weighted by molar-refractivity contribution is -0.116. The Labute approximate surface area is 138 Å². The molecule has 1 N–H and O–H groups in total. The largest absolute Gasteiger partial charge is 0.342 e. The standard InChI is InChI=1S/C21H21NO/c1-17(2)20-13-10-19(11-14-20)12-15-21(23)22-16-6-9-18-7-4-3-5-8-18/h3-5,7-8,10-15,17H,16H2,1-2H3,(H,22,23)/b15-12+. The summed E-state index contributed by atoms with van der Waals surface area (Å²) in [4.78, 5) is 11.7. The maximum absolute atomic E-state index is 11.7. The Kier molecular flexibility index (Phi) is 6.20. The van der Waals surface area contributed by atoms with Gasteiger partial charge in [-0.25, -0.2) is 0 Å². The predicted molar refractivity (Wildman–Crippen MR) is 95.9 cm³/mol. The van der Waals surface area contributed by atoms with Crippen molar-refractivity contribution in [1.82, 2.24) is 5.32 Å². The van der Waals surface area contributed by atoms with Gasteiger partial charge in [0.25, 0.3) is 0 Å². The van der Waals surface area contributed by atoms with Crippen molar-refractivity contribution in [3.8, 4) is 11.8 Å². The third-order valence-corrected chi connectivity index (χ3v) is 3.39. The van der Waals surface area contributed by atoms with Crippen molar-refractivity contribution < 1.29 is 4.79 Å². The van der Waals surface area contributed by atoms with Crippen molar-refractivity contribution in [3.63, 3.8) is 0 Å². The highest BCUT2D eigenvalue weighted by Gasteiger charge is 1.98. The number of nitrogens with one attached hydrogen (secondary N) is 1. The first-order chi connectivity index (χ1) is 11.1. The van der Waals surface area contributed by atoms with E-state index < -0.39 is 0 Å². The molecule has 0 saturated carbocycles. The van der Waals surface area contributed by atoms with Gasteiger partial charge in [-0.2, -0.15) is 0 Å². The maximum Gasteiger partial charge on any atom is 0.244 e. The molecule has 0 saturated heterocycles. The second-order valence-corrected chi connectivity index (χ2v) is 5.54. The smallest absolute Gasteiger partial charge is 0.244 e. The zero-order chi connectivity index (χ0) is 16.5. The van der Waals surface area contributed by atoms with E-state index in [0.29, 0.717) is 12.5 Å². The molecule has 116 valence electrons. The van der Waals surface area contributed by atoms with Gasteiger partial charge in [-0.1, -0.05) is 68.2 Å². The van der Waals surface area contributed by atoms with Gasteiger partial charge in [0.2, 0.25) is 5.91 Å². The highest BCUT2D eigenvalue weighted by molar-refractivity contribution is 5.91. The average Bonchev–Trinajstić information content (AvgIpc) is 2.58. The van der Waals surface area contributed by atoms with Gasteiger partial charge in [-0.3, -0.25) is 4.79 Å². The second kappa shape index (κ2) is 8.60. The number of benzene rings is 2. The van der Waals surface area contributed by atoms with Gasteiger partial charge in [-0.15, -0.1) is 0 Å². The van der Waals surface area contributed by atoms with Crippen LogP contribution < -0.4 is 5.32 Å². The van der Waals surface area contributed by atoms with Crippen LogP contribution in [0.5, 0.6) is 0 Å². The monoisotopic (exact) mass is 303 g/mol. The Morgan fingerprint density at radius 1 is 1.09 bits per heavy atom. The van der Waals surface area contributed by atoms with Gasteiger partial charge in [-0.05, 0) is 35.3 Å². The minimum absolute atomic E-state index is 0.139. The molecule has 1 amide bonds. The summed E-state index contributed by atoms with van der Waals surface area (Å²) in [6.45, 7) is 4.66. The molecule has 2 rings (SSSR count). The minimum Gasteiger partial charge on any atom is -0.342 e. The van der Waals surface area contributed by atoms with Gasteiger partial charge in [0.1, 0.15) is 0 Å². The zero-order valence-corrected chi connectivity index (χ0v) is 13.5. The van der Waals surface area contributed by atoms with Crippen LogP contribution in [-0.2, 0) is 4.79 Å². The van der Waals surface area contributed by atoms with E-state index >= 15 is 0 Å². The third kappa shape index (κ3) is 5.84.